The number of aromatic nitrogens is 1. The normalized spacial score (nSPS) is 17.8. The predicted molar refractivity (Wildman–Crippen MR) is 102 cm³/mol. The molecule has 0 spiro atoms. The van der Waals surface area contributed by atoms with E-state index in [0.717, 1.165) is 44.1 Å². The molecule has 1 aromatic heterocycles. The first kappa shape index (κ1) is 17.7. The van der Waals surface area contributed by atoms with Crippen LogP contribution in [0.15, 0.2) is 42.5 Å². The van der Waals surface area contributed by atoms with Crippen LogP contribution in [0, 0.1) is 12.8 Å². The van der Waals surface area contributed by atoms with E-state index in [1.54, 1.807) is 0 Å². The fraction of sp³-hybridized carbons (Fsp3) is 0.476. The molecular formula is C21H29N3O. The van der Waals surface area contributed by atoms with Crippen LogP contribution < -0.4 is 0 Å². The molecule has 1 aromatic carbocycles. The number of carbonyl (C=O) groups excluding carboxylic acids is 1. The monoisotopic (exact) mass is 339 g/mol. The van der Waals surface area contributed by atoms with E-state index in [0.29, 0.717) is 5.92 Å². The van der Waals surface area contributed by atoms with Gasteiger partial charge in [0.1, 0.15) is 5.69 Å². The minimum Gasteiger partial charge on any atom is -0.344 e. The summed E-state index contributed by atoms with van der Waals surface area (Å²) < 4.78 is 1.99. The average Bonchev–Trinajstić information content (AvgIpc) is 3.20. The maximum Gasteiger partial charge on any atom is 0.270 e. The molecule has 1 aliphatic rings. The fourth-order valence-corrected chi connectivity index (χ4v) is 3.70. The summed E-state index contributed by atoms with van der Waals surface area (Å²) in [6, 6.07) is 14.6. The molecule has 4 heteroatoms. The van der Waals surface area contributed by atoms with Gasteiger partial charge in [-0.1, -0.05) is 30.3 Å². The van der Waals surface area contributed by atoms with E-state index in [1.165, 1.54) is 12.0 Å². The average molecular weight is 339 g/mol. The van der Waals surface area contributed by atoms with Crippen molar-refractivity contribution in [1.82, 2.24) is 14.4 Å². The standard InChI is InChI=1S/C21H29N3O/c1-4-24(21(25)20-11-10-17(2)22(20)3)16-19-12-13-23(15-19)14-18-8-6-5-7-9-18/h5-11,19H,4,12-16H2,1-3H3. The van der Waals surface area contributed by atoms with Crippen molar-refractivity contribution in [2.75, 3.05) is 26.2 Å². The summed E-state index contributed by atoms with van der Waals surface area (Å²) in [7, 11) is 1.97. The van der Waals surface area contributed by atoms with Crippen molar-refractivity contribution in [3.8, 4) is 0 Å². The van der Waals surface area contributed by atoms with Crippen molar-refractivity contribution in [1.29, 1.82) is 0 Å². The molecule has 0 bridgehead atoms. The van der Waals surface area contributed by atoms with Gasteiger partial charge in [0, 0.05) is 38.9 Å². The fourth-order valence-electron chi connectivity index (χ4n) is 3.70. The van der Waals surface area contributed by atoms with Crippen LogP contribution in [0.1, 0.15) is 35.1 Å². The number of likely N-dealkylation sites (tertiary alicyclic amines) is 1. The van der Waals surface area contributed by atoms with E-state index in [4.69, 9.17) is 0 Å². The summed E-state index contributed by atoms with van der Waals surface area (Å²) in [5.74, 6) is 0.716. The molecule has 0 N–H and O–H groups in total. The number of benzene rings is 1. The van der Waals surface area contributed by atoms with Crippen LogP contribution in [0.3, 0.4) is 0 Å². The highest BCUT2D eigenvalue weighted by molar-refractivity contribution is 5.93. The highest BCUT2D eigenvalue weighted by Gasteiger charge is 2.27. The molecule has 0 aliphatic carbocycles. The first-order valence-corrected chi connectivity index (χ1v) is 9.26. The second kappa shape index (κ2) is 7.87. The maximum atomic E-state index is 12.9. The molecule has 1 atom stereocenters. The predicted octanol–water partition coefficient (Wildman–Crippen LogP) is 3.32. The quantitative estimate of drug-likeness (QED) is 0.808. The molecule has 2 aromatic rings. The van der Waals surface area contributed by atoms with Crippen LogP contribution in [-0.2, 0) is 13.6 Å². The third-order valence-electron chi connectivity index (χ3n) is 5.36. The topological polar surface area (TPSA) is 28.5 Å². The maximum absolute atomic E-state index is 12.9. The first-order chi connectivity index (χ1) is 12.1. The first-order valence-electron chi connectivity index (χ1n) is 9.26. The van der Waals surface area contributed by atoms with Gasteiger partial charge in [-0.3, -0.25) is 9.69 Å². The molecule has 25 heavy (non-hydrogen) atoms. The van der Waals surface area contributed by atoms with Crippen molar-refractivity contribution in [3.05, 3.63) is 59.4 Å². The zero-order chi connectivity index (χ0) is 17.8. The van der Waals surface area contributed by atoms with Gasteiger partial charge in [-0.05, 0) is 50.4 Å². The summed E-state index contributed by atoms with van der Waals surface area (Å²) in [6.45, 7) is 8.92. The summed E-state index contributed by atoms with van der Waals surface area (Å²) in [6.07, 6.45) is 1.17. The Morgan fingerprint density at radius 2 is 1.96 bits per heavy atom. The number of aryl methyl sites for hydroxylation is 1. The molecule has 1 unspecified atom stereocenters. The minimum absolute atomic E-state index is 0.152. The SMILES string of the molecule is CCN(CC1CCN(Cc2ccccc2)C1)C(=O)c1ccc(C)n1C. The molecular weight excluding hydrogens is 310 g/mol. The second-order valence-electron chi connectivity index (χ2n) is 7.14. The second-order valence-corrected chi connectivity index (χ2v) is 7.14. The molecule has 2 heterocycles. The van der Waals surface area contributed by atoms with Gasteiger partial charge in [0.15, 0.2) is 0 Å². The molecule has 1 saturated heterocycles. The van der Waals surface area contributed by atoms with Gasteiger partial charge in [0.2, 0.25) is 0 Å². The summed E-state index contributed by atoms with van der Waals surface area (Å²) in [5, 5.41) is 0. The van der Waals surface area contributed by atoms with Crippen LogP contribution in [0.2, 0.25) is 0 Å². The highest BCUT2D eigenvalue weighted by atomic mass is 16.2. The zero-order valence-electron chi connectivity index (χ0n) is 15.6. The van der Waals surface area contributed by atoms with Crippen molar-refractivity contribution < 1.29 is 4.79 Å². The van der Waals surface area contributed by atoms with Crippen molar-refractivity contribution in [2.24, 2.45) is 13.0 Å². The van der Waals surface area contributed by atoms with Gasteiger partial charge in [0.25, 0.3) is 5.91 Å². The van der Waals surface area contributed by atoms with Crippen molar-refractivity contribution in [2.45, 2.75) is 26.8 Å². The smallest absolute Gasteiger partial charge is 0.270 e. The number of hydrogen-bond donors (Lipinski definition) is 0. The molecule has 1 amide bonds. The Bertz CT molecular complexity index is 707. The van der Waals surface area contributed by atoms with Gasteiger partial charge in [0.05, 0.1) is 0 Å². The Balaban J connectivity index is 1.57. The van der Waals surface area contributed by atoms with E-state index in [1.807, 2.05) is 35.6 Å². The molecule has 1 aliphatic heterocycles. The molecule has 0 radical (unpaired) electrons. The number of nitrogens with zero attached hydrogens (tertiary/aromatic N) is 3. The van der Waals surface area contributed by atoms with Crippen LogP contribution >= 0.6 is 0 Å². The van der Waals surface area contributed by atoms with E-state index in [9.17, 15) is 4.79 Å². The Kier molecular flexibility index (Phi) is 5.59. The summed E-state index contributed by atoms with van der Waals surface area (Å²) >= 11 is 0. The third kappa shape index (κ3) is 4.13. The van der Waals surface area contributed by atoms with Crippen molar-refractivity contribution in [3.63, 3.8) is 0 Å². The number of carbonyl (C=O) groups is 1. The lowest BCUT2D eigenvalue weighted by molar-refractivity contribution is 0.0729. The Morgan fingerprint density at radius 1 is 1.20 bits per heavy atom. The molecule has 3 rings (SSSR count). The summed E-state index contributed by atoms with van der Waals surface area (Å²) in [4.78, 5) is 17.4. The lowest BCUT2D eigenvalue weighted by Crippen LogP contribution is -2.37. The Morgan fingerprint density at radius 3 is 2.60 bits per heavy atom. The highest BCUT2D eigenvalue weighted by Crippen LogP contribution is 2.21. The van der Waals surface area contributed by atoms with E-state index in [2.05, 4.69) is 42.2 Å². The molecule has 4 nitrogen and oxygen atoms in total. The Hall–Kier alpha value is -2.07. The van der Waals surface area contributed by atoms with Gasteiger partial charge < -0.3 is 9.47 Å². The van der Waals surface area contributed by atoms with Crippen molar-refractivity contribution >= 4 is 5.91 Å². The van der Waals surface area contributed by atoms with Gasteiger partial charge in [-0.15, -0.1) is 0 Å². The molecule has 1 fully saturated rings. The van der Waals surface area contributed by atoms with Gasteiger partial charge in [-0.25, -0.2) is 0 Å². The summed E-state index contributed by atoms with van der Waals surface area (Å²) in [5.41, 5.74) is 3.28. The zero-order valence-corrected chi connectivity index (χ0v) is 15.6. The Labute approximate surface area is 151 Å². The molecule has 0 saturated carbocycles. The third-order valence-corrected chi connectivity index (χ3v) is 5.36. The van der Waals surface area contributed by atoms with Gasteiger partial charge in [-0.2, -0.15) is 0 Å². The van der Waals surface area contributed by atoms with E-state index < -0.39 is 0 Å². The van der Waals surface area contributed by atoms with Crippen LogP contribution in [0.4, 0.5) is 0 Å². The molecule has 134 valence electrons. The largest absolute Gasteiger partial charge is 0.344 e. The lowest BCUT2D eigenvalue weighted by atomic mass is 10.1. The lowest BCUT2D eigenvalue weighted by Gasteiger charge is -2.25. The van der Waals surface area contributed by atoms with Crippen LogP contribution in [0.25, 0.3) is 0 Å². The van der Waals surface area contributed by atoms with Gasteiger partial charge >= 0.3 is 0 Å². The van der Waals surface area contributed by atoms with E-state index in [-0.39, 0.29) is 5.91 Å². The van der Waals surface area contributed by atoms with Crippen LogP contribution in [0.5, 0.6) is 0 Å². The van der Waals surface area contributed by atoms with Crippen LogP contribution in [-0.4, -0.2) is 46.5 Å². The minimum atomic E-state index is 0.152. The number of rotatable bonds is 6. The number of amides is 1. The van der Waals surface area contributed by atoms with E-state index >= 15 is 0 Å². The number of hydrogen-bond acceptors (Lipinski definition) is 2.